The lowest BCUT2D eigenvalue weighted by atomic mass is 10.0. The maximum atomic E-state index is 3.97. The fourth-order valence-electron chi connectivity index (χ4n) is 2.15. The standard InChI is InChI=1S/C13H17BrN2.2ClH/c1-2-13(16-9-7-15-8-10-16)11-5-3-4-6-12(11)14;;/h2-6,13,15H,1,7-10H2;2*1H/t13-;;/m0../s1. The zero-order chi connectivity index (χ0) is 11.4. The molecule has 1 aliphatic rings. The van der Waals surface area contributed by atoms with Gasteiger partial charge in [-0.05, 0) is 11.6 Å². The molecule has 2 rings (SSSR count). The second-order valence-electron chi connectivity index (χ2n) is 3.99. The van der Waals surface area contributed by atoms with E-state index >= 15 is 0 Å². The molecule has 0 spiro atoms. The maximum Gasteiger partial charge on any atom is 0.0541 e. The fraction of sp³-hybridized carbons (Fsp3) is 0.385. The van der Waals surface area contributed by atoms with Crippen LogP contribution in [0.3, 0.4) is 0 Å². The third-order valence-corrected chi connectivity index (χ3v) is 3.71. The van der Waals surface area contributed by atoms with Crippen LogP contribution in [0.15, 0.2) is 41.4 Å². The Balaban J connectivity index is 0.00000144. The molecular formula is C13H19BrCl2N2. The van der Waals surface area contributed by atoms with Crippen LogP contribution in [0.2, 0.25) is 0 Å². The van der Waals surface area contributed by atoms with Crippen molar-refractivity contribution in [1.82, 2.24) is 10.2 Å². The zero-order valence-electron chi connectivity index (χ0n) is 10.1. The van der Waals surface area contributed by atoms with E-state index in [4.69, 9.17) is 0 Å². The first-order valence-electron chi connectivity index (χ1n) is 5.64. The van der Waals surface area contributed by atoms with E-state index in [1.807, 2.05) is 12.1 Å². The van der Waals surface area contributed by atoms with Crippen molar-refractivity contribution >= 4 is 40.7 Å². The van der Waals surface area contributed by atoms with Crippen LogP contribution in [0.25, 0.3) is 0 Å². The SMILES string of the molecule is C=C[C@@H](c1ccccc1Br)N1CCNCC1.Cl.Cl. The summed E-state index contributed by atoms with van der Waals surface area (Å²) in [7, 11) is 0. The van der Waals surface area contributed by atoms with Gasteiger partial charge < -0.3 is 5.32 Å². The van der Waals surface area contributed by atoms with Crippen LogP contribution >= 0.6 is 40.7 Å². The molecule has 1 aromatic carbocycles. The van der Waals surface area contributed by atoms with Gasteiger partial charge >= 0.3 is 0 Å². The monoisotopic (exact) mass is 352 g/mol. The van der Waals surface area contributed by atoms with Gasteiger partial charge in [-0.25, -0.2) is 0 Å². The first kappa shape index (κ1) is 17.9. The van der Waals surface area contributed by atoms with Gasteiger partial charge in [0.25, 0.3) is 0 Å². The van der Waals surface area contributed by atoms with E-state index in [0.717, 1.165) is 26.2 Å². The predicted molar refractivity (Wildman–Crippen MR) is 86.0 cm³/mol. The van der Waals surface area contributed by atoms with Crippen LogP contribution in [0, 0.1) is 0 Å². The summed E-state index contributed by atoms with van der Waals surface area (Å²) in [5, 5.41) is 3.37. The average Bonchev–Trinajstić information content (AvgIpc) is 2.34. The van der Waals surface area contributed by atoms with E-state index in [1.54, 1.807) is 0 Å². The molecule has 0 aromatic heterocycles. The second-order valence-corrected chi connectivity index (χ2v) is 4.84. The molecule has 0 unspecified atom stereocenters. The van der Waals surface area contributed by atoms with Gasteiger partial charge in [-0.3, -0.25) is 4.90 Å². The number of nitrogens with zero attached hydrogens (tertiary/aromatic N) is 1. The summed E-state index contributed by atoms with van der Waals surface area (Å²) in [6.07, 6.45) is 2.03. The number of halogens is 3. The van der Waals surface area contributed by atoms with Crippen molar-refractivity contribution in [2.24, 2.45) is 0 Å². The lowest BCUT2D eigenvalue weighted by Crippen LogP contribution is -2.44. The van der Waals surface area contributed by atoms with Crippen molar-refractivity contribution in [2.45, 2.75) is 6.04 Å². The summed E-state index contributed by atoms with van der Waals surface area (Å²) in [5.74, 6) is 0. The molecule has 1 fully saturated rings. The Bertz CT molecular complexity index is 368. The molecule has 0 amide bonds. The lowest BCUT2D eigenvalue weighted by molar-refractivity contribution is 0.203. The summed E-state index contributed by atoms with van der Waals surface area (Å²) in [6, 6.07) is 8.70. The van der Waals surface area contributed by atoms with Crippen LogP contribution in [0.5, 0.6) is 0 Å². The molecule has 102 valence electrons. The minimum Gasteiger partial charge on any atom is -0.314 e. The van der Waals surface area contributed by atoms with Gasteiger partial charge in [-0.15, -0.1) is 31.4 Å². The number of hydrogen-bond acceptors (Lipinski definition) is 2. The molecule has 1 atom stereocenters. The van der Waals surface area contributed by atoms with Crippen LogP contribution in [0.4, 0.5) is 0 Å². The predicted octanol–water partition coefficient (Wildman–Crippen LogP) is 3.43. The largest absolute Gasteiger partial charge is 0.314 e. The maximum absolute atomic E-state index is 3.97. The lowest BCUT2D eigenvalue weighted by Gasteiger charge is -2.33. The number of benzene rings is 1. The highest BCUT2D eigenvalue weighted by Crippen LogP contribution is 2.28. The minimum absolute atomic E-state index is 0. The van der Waals surface area contributed by atoms with Gasteiger partial charge in [-0.1, -0.05) is 40.2 Å². The molecule has 1 aliphatic heterocycles. The van der Waals surface area contributed by atoms with E-state index < -0.39 is 0 Å². The molecule has 1 saturated heterocycles. The van der Waals surface area contributed by atoms with Gasteiger partial charge in [0, 0.05) is 30.7 Å². The van der Waals surface area contributed by atoms with E-state index in [0.29, 0.717) is 6.04 Å². The Kier molecular flexibility index (Phi) is 8.91. The summed E-state index contributed by atoms with van der Waals surface area (Å²) >= 11 is 3.61. The Morgan fingerprint density at radius 2 is 1.83 bits per heavy atom. The molecule has 0 aliphatic carbocycles. The van der Waals surface area contributed by atoms with Crippen molar-refractivity contribution in [3.05, 3.63) is 47.0 Å². The first-order valence-corrected chi connectivity index (χ1v) is 6.44. The molecule has 0 saturated carbocycles. The molecule has 1 N–H and O–H groups in total. The molecule has 1 aromatic rings. The van der Waals surface area contributed by atoms with Gasteiger partial charge in [0.1, 0.15) is 0 Å². The van der Waals surface area contributed by atoms with Crippen molar-refractivity contribution in [3.8, 4) is 0 Å². The Morgan fingerprint density at radius 1 is 1.22 bits per heavy atom. The average molecular weight is 354 g/mol. The summed E-state index contributed by atoms with van der Waals surface area (Å²) in [6.45, 7) is 8.26. The molecule has 2 nitrogen and oxygen atoms in total. The van der Waals surface area contributed by atoms with Crippen LogP contribution in [-0.2, 0) is 0 Å². The number of hydrogen-bond donors (Lipinski definition) is 1. The van der Waals surface area contributed by atoms with Crippen molar-refractivity contribution in [2.75, 3.05) is 26.2 Å². The van der Waals surface area contributed by atoms with Crippen LogP contribution in [0.1, 0.15) is 11.6 Å². The summed E-state index contributed by atoms with van der Waals surface area (Å²) < 4.78 is 1.17. The van der Waals surface area contributed by atoms with Crippen molar-refractivity contribution in [1.29, 1.82) is 0 Å². The number of piperazine rings is 1. The normalized spacial score (nSPS) is 17.2. The fourth-order valence-corrected chi connectivity index (χ4v) is 2.67. The Morgan fingerprint density at radius 3 is 2.39 bits per heavy atom. The van der Waals surface area contributed by atoms with E-state index in [-0.39, 0.29) is 24.8 Å². The third-order valence-electron chi connectivity index (χ3n) is 2.99. The molecule has 0 radical (unpaired) electrons. The summed E-state index contributed by atoms with van der Waals surface area (Å²) in [4.78, 5) is 2.46. The minimum atomic E-state index is 0. The number of rotatable bonds is 3. The van der Waals surface area contributed by atoms with Gasteiger partial charge in [0.2, 0.25) is 0 Å². The smallest absolute Gasteiger partial charge is 0.0541 e. The third kappa shape index (κ3) is 4.25. The first-order chi connectivity index (χ1) is 7.83. The molecule has 1 heterocycles. The Labute approximate surface area is 130 Å². The van der Waals surface area contributed by atoms with Crippen LogP contribution in [-0.4, -0.2) is 31.1 Å². The Hall–Kier alpha value is -0.0600. The number of nitrogens with one attached hydrogen (secondary N) is 1. The second kappa shape index (κ2) is 8.94. The molecule has 0 bridgehead atoms. The van der Waals surface area contributed by atoms with E-state index in [9.17, 15) is 0 Å². The molecule has 5 heteroatoms. The van der Waals surface area contributed by atoms with Crippen LogP contribution < -0.4 is 5.32 Å². The van der Waals surface area contributed by atoms with Gasteiger partial charge in [0.15, 0.2) is 0 Å². The van der Waals surface area contributed by atoms with E-state index in [2.05, 4.69) is 50.9 Å². The highest BCUT2D eigenvalue weighted by molar-refractivity contribution is 9.10. The molecule has 18 heavy (non-hydrogen) atoms. The topological polar surface area (TPSA) is 15.3 Å². The zero-order valence-corrected chi connectivity index (χ0v) is 13.4. The highest BCUT2D eigenvalue weighted by atomic mass is 79.9. The van der Waals surface area contributed by atoms with Crippen molar-refractivity contribution < 1.29 is 0 Å². The highest BCUT2D eigenvalue weighted by Gasteiger charge is 2.20. The van der Waals surface area contributed by atoms with Gasteiger partial charge in [0.05, 0.1) is 6.04 Å². The van der Waals surface area contributed by atoms with E-state index in [1.165, 1.54) is 10.0 Å². The summed E-state index contributed by atoms with van der Waals surface area (Å²) in [5.41, 5.74) is 1.31. The molecular weight excluding hydrogens is 335 g/mol. The quantitative estimate of drug-likeness (QED) is 0.837. The van der Waals surface area contributed by atoms with Crippen molar-refractivity contribution in [3.63, 3.8) is 0 Å². The van der Waals surface area contributed by atoms with Gasteiger partial charge in [-0.2, -0.15) is 0 Å².